The summed E-state index contributed by atoms with van der Waals surface area (Å²) >= 11 is 6.13. The predicted molar refractivity (Wildman–Crippen MR) is 102 cm³/mol. The number of non-ortho nitro benzene ring substituents is 1. The fourth-order valence-corrected chi connectivity index (χ4v) is 3.54. The van der Waals surface area contributed by atoms with E-state index in [4.69, 9.17) is 16.0 Å². The van der Waals surface area contributed by atoms with Gasteiger partial charge in [-0.25, -0.2) is 0 Å². The summed E-state index contributed by atoms with van der Waals surface area (Å²) in [5.74, 6) is -0.439. The van der Waals surface area contributed by atoms with Crippen LogP contribution >= 0.6 is 11.6 Å². The Bertz CT molecular complexity index is 884. The molecule has 0 N–H and O–H groups in total. The minimum atomic E-state index is -0.499. The summed E-state index contributed by atoms with van der Waals surface area (Å²) in [4.78, 5) is 38.9. The molecule has 1 aromatic carbocycles. The van der Waals surface area contributed by atoms with Crippen LogP contribution < -0.4 is 0 Å². The van der Waals surface area contributed by atoms with Crippen molar-refractivity contribution in [2.75, 3.05) is 20.1 Å². The highest BCUT2D eigenvalue weighted by Gasteiger charge is 2.31. The van der Waals surface area contributed by atoms with Crippen molar-refractivity contribution in [3.05, 3.63) is 63.1 Å². The molecule has 1 aromatic heterocycles. The van der Waals surface area contributed by atoms with Crippen LogP contribution in [0.4, 0.5) is 5.69 Å². The Morgan fingerprint density at radius 1 is 1.39 bits per heavy atom. The number of benzene rings is 1. The van der Waals surface area contributed by atoms with Gasteiger partial charge in [-0.15, -0.1) is 0 Å². The zero-order valence-corrected chi connectivity index (χ0v) is 16.1. The van der Waals surface area contributed by atoms with Crippen LogP contribution in [0, 0.1) is 16.0 Å². The molecule has 0 saturated carbocycles. The largest absolute Gasteiger partial charge is 0.459 e. The molecule has 0 aliphatic carbocycles. The number of rotatable bonds is 5. The first kappa shape index (κ1) is 19.9. The van der Waals surface area contributed by atoms with Gasteiger partial charge in [-0.1, -0.05) is 11.6 Å². The summed E-state index contributed by atoms with van der Waals surface area (Å²) in [5.41, 5.74) is 0.430. The second kappa shape index (κ2) is 8.43. The lowest BCUT2D eigenvalue weighted by Crippen LogP contribution is -2.45. The first-order chi connectivity index (χ1) is 13.4. The van der Waals surface area contributed by atoms with Gasteiger partial charge in [0.25, 0.3) is 11.6 Å². The second-order valence-corrected chi connectivity index (χ2v) is 7.20. The second-order valence-electron chi connectivity index (χ2n) is 6.79. The average Bonchev–Trinajstić information content (AvgIpc) is 3.23. The van der Waals surface area contributed by atoms with Crippen LogP contribution in [0.2, 0.25) is 5.02 Å². The molecule has 28 heavy (non-hydrogen) atoms. The van der Waals surface area contributed by atoms with Gasteiger partial charge in [-0.05, 0) is 36.6 Å². The van der Waals surface area contributed by atoms with Gasteiger partial charge >= 0.3 is 0 Å². The van der Waals surface area contributed by atoms with Crippen LogP contribution in [0.1, 0.15) is 29.0 Å². The number of carbonyl (C=O) groups excluding carboxylic acids is 2. The number of furan rings is 1. The van der Waals surface area contributed by atoms with Crippen molar-refractivity contribution in [3.8, 4) is 0 Å². The van der Waals surface area contributed by atoms with Crippen molar-refractivity contribution < 1.29 is 18.9 Å². The molecular formula is C19H20ClN3O5. The fraction of sp³-hybridized carbons (Fsp3) is 0.368. The SMILES string of the molecule is CN(Cc1cc([N+](=O)[O-])ccc1Cl)C(=O)[C@H]1CCCN(C(=O)c2ccco2)C1. The van der Waals surface area contributed by atoms with Crippen LogP contribution in [0.15, 0.2) is 41.0 Å². The molecule has 1 atom stereocenters. The molecule has 1 saturated heterocycles. The van der Waals surface area contributed by atoms with E-state index in [1.165, 1.54) is 29.4 Å². The molecule has 2 aromatic rings. The number of likely N-dealkylation sites (tertiary alicyclic amines) is 1. The zero-order valence-electron chi connectivity index (χ0n) is 15.3. The van der Waals surface area contributed by atoms with Crippen LogP contribution in [-0.4, -0.2) is 46.7 Å². The van der Waals surface area contributed by atoms with E-state index in [1.54, 1.807) is 24.1 Å². The number of halogens is 1. The number of amides is 2. The number of piperidine rings is 1. The predicted octanol–water partition coefficient (Wildman–Crippen LogP) is 3.35. The van der Waals surface area contributed by atoms with E-state index in [0.717, 1.165) is 0 Å². The molecule has 0 spiro atoms. The molecule has 1 aliphatic heterocycles. The molecule has 2 heterocycles. The molecular weight excluding hydrogens is 386 g/mol. The van der Waals surface area contributed by atoms with Crippen molar-refractivity contribution >= 4 is 29.1 Å². The van der Waals surface area contributed by atoms with Gasteiger partial charge in [0, 0.05) is 43.8 Å². The molecule has 1 aliphatic rings. The topological polar surface area (TPSA) is 96.9 Å². The minimum Gasteiger partial charge on any atom is -0.459 e. The van der Waals surface area contributed by atoms with Gasteiger partial charge in [-0.3, -0.25) is 19.7 Å². The number of hydrogen-bond acceptors (Lipinski definition) is 5. The Morgan fingerprint density at radius 2 is 2.18 bits per heavy atom. The molecule has 0 bridgehead atoms. The number of nitrogens with zero attached hydrogens (tertiary/aromatic N) is 3. The van der Waals surface area contributed by atoms with E-state index in [2.05, 4.69) is 0 Å². The number of nitro groups is 1. The van der Waals surface area contributed by atoms with Crippen LogP contribution in [-0.2, 0) is 11.3 Å². The van der Waals surface area contributed by atoms with E-state index in [-0.39, 0.29) is 35.7 Å². The van der Waals surface area contributed by atoms with Crippen LogP contribution in [0.3, 0.4) is 0 Å². The van der Waals surface area contributed by atoms with Crippen molar-refractivity contribution in [3.63, 3.8) is 0 Å². The van der Waals surface area contributed by atoms with Crippen molar-refractivity contribution in [1.82, 2.24) is 9.80 Å². The summed E-state index contributed by atoms with van der Waals surface area (Å²) in [6.45, 7) is 1.04. The summed E-state index contributed by atoms with van der Waals surface area (Å²) in [6.07, 6.45) is 2.83. The first-order valence-corrected chi connectivity index (χ1v) is 9.25. The monoisotopic (exact) mass is 405 g/mol. The molecule has 1 fully saturated rings. The first-order valence-electron chi connectivity index (χ1n) is 8.87. The molecule has 0 unspecified atom stereocenters. The van der Waals surface area contributed by atoms with E-state index >= 15 is 0 Å². The van der Waals surface area contributed by atoms with Gasteiger partial charge in [-0.2, -0.15) is 0 Å². The Kier molecular flexibility index (Phi) is 5.99. The number of nitro benzene ring substituents is 1. The third-order valence-corrected chi connectivity index (χ3v) is 5.18. The maximum Gasteiger partial charge on any atom is 0.289 e. The van der Waals surface area contributed by atoms with Crippen LogP contribution in [0.5, 0.6) is 0 Å². The van der Waals surface area contributed by atoms with E-state index in [9.17, 15) is 19.7 Å². The number of carbonyl (C=O) groups is 2. The maximum absolute atomic E-state index is 12.9. The fourth-order valence-electron chi connectivity index (χ4n) is 3.36. The van der Waals surface area contributed by atoms with Gasteiger partial charge in [0.05, 0.1) is 17.1 Å². The molecule has 3 rings (SSSR count). The highest BCUT2D eigenvalue weighted by atomic mass is 35.5. The Labute approximate surface area is 166 Å². The quantitative estimate of drug-likeness (QED) is 0.561. The smallest absolute Gasteiger partial charge is 0.289 e. The number of hydrogen-bond donors (Lipinski definition) is 0. The molecule has 2 amide bonds. The molecule has 9 heteroatoms. The average molecular weight is 406 g/mol. The Hall–Kier alpha value is -2.87. The normalized spacial score (nSPS) is 16.6. The third kappa shape index (κ3) is 4.33. The van der Waals surface area contributed by atoms with E-state index in [0.29, 0.717) is 36.5 Å². The standard InChI is InChI=1S/C19H20ClN3O5/c1-21(11-14-10-15(23(26)27)6-7-16(14)20)18(24)13-4-2-8-22(12-13)19(25)17-5-3-9-28-17/h3,5-7,9-10,13H,2,4,8,11-12H2,1H3/t13-/m0/s1. The minimum absolute atomic E-state index is 0.0758. The van der Waals surface area contributed by atoms with Gasteiger partial charge < -0.3 is 14.2 Å². The van der Waals surface area contributed by atoms with Crippen molar-refractivity contribution in [1.29, 1.82) is 0 Å². The lowest BCUT2D eigenvalue weighted by atomic mass is 9.96. The zero-order chi connectivity index (χ0) is 20.3. The van der Waals surface area contributed by atoms with Gasteiger partial charge in [0.15, 0.2) is 5.76 Å². The third-order valence-electron chi connectivity index (χ3n) is 4.81. The van der Waals surface area contributed by atoms with Crippen LogP contribution in [0.25, 0.3) is 0 Å². The van der Waals surface area contributed by atoms with Gasteiger partial charge in [0.2, 0.25) is 5.91 Å². The van der Waals surface area contributed by atoms with Crippen molar-refractivity contribution in [2.24, 2.45) is 5.92 Å². The summed E-state index contributed by atoms with van der Waals surface area (Å²) in [6, 6.07) is 7.41. The lowest BCUT2D eigenvalue weighted by Gasteiger charge is -2.33. The van der Waals surface area contributed by atoms with E-state index in [1.807, 2.05) is 0 Å². The van der Waals surface area contributed by atoms with Gasteiger partial charge in [0.1, 0.15) is 0 Å². The molecule has 0 radical (unpaired) electrons. The summed E-state index contributed by atoms with van der Waals surface area (Å²) in [7, 11) is 1.63. The molecule has 8 nitrogen and oxygen atoms in total. The summed E-state index contributed by atoms with van der Waals surface area (Å²) < 4.78 is 5.16. The Balaban J connectivity index is 1.67. The lowest BCUT2D eigenvalue weighted by molar-refractivity contribution is -0.384. The Morgan fingerprint density at radius 3 is 2.86 bits per heavy atom. The summed E-state index contributed by atoms with van der Waals surface area (Å²) in [5, 5.41) is 11.3. The van der Waals surface area contributed by atoms with E-state index < -0.39 is 4.92 Å². The molecule has 148 valence electrons. The highest BCUT2D eigenvalue weighted by Crippen LogP contribution is 2.25. The maximum atomic E-state index is 12.9. The van der Waals surface area contributed by atoms with Crippen molar-refractivity contribution in [2.45, 2.75) is 19.4 Å². The highest BCUT2D eigenvalue weighted by molar-refractivity contribution is 6.31.